The molecule has 7 nitrogen and oxygen atoms in total. The third kappa shape index (κ3) is 87.8. The number of quaternary nitrogens is 2. The van der Waals surface area contributed by atoms with E-state index in [1.165, 1.54) is 0 Å². The zero-order chi connectivity index (χ0) is 15.1. The number of hydrogen-bond acceptors (Lipinski definition) is 5. The van der Waals surface area contributed by atoms with Gasteiger partial charge in [-0.2, -0.15) is 0 Å². The normalized spacial score (nSPS) is 13.8. The molecule has 0 heterocycles. The highest BCUT2D eigenvalue weighted by atomic mass is 33.2. The predicted octanol–water partition coefficient (Wildman–Crippen LogP) is -1.03. The highest BCUT2D eigenvalue weighted by molar-refractivity contribution is 8.59. The summed E-state index contributed by atoms with van der Waals surface area (Å²) >= 11 is 0. The monoisotopic (exact) mass is 292 g/mol. The van der Waals surface area contributed by atoms with Crippen LogP contribution in [0.5, 0.6) is 0 Å². The molecule has 0 spiro atoms. The van der Waals surface area contributed by atoms with E-state index in [9.17, 15) is 0 Å². The molecule has 0 bridgehead atoms. The molecule has 9 heteroatoms. The molecular formula is C8H24N2O5S2. The van der Waals surface area contributed by atoms with Crippen molar-refractivity contribution in [1.29, 1.82) is 0 Å². The van der Waals surface area contributed by atoms with Gasteiger partial charge in [0, 0.05) is 0 Å². The van der Waals surface area contributed by atoms with E-state index in [-0.39, 0.29) is 0 Å². The van der Waals surface area contributed by atoms with Crippen LogP contribution in [0.2, 0.25) is 0 Å². The van der Waals surface area contributed by atoms with Gasteiger partial charge in [-0.1, -0.05) is 0 Å². The van der Waals surface area contributed by atoms with E-state index in [0.29, 0.717) is 0 Å². The van der Waals surface area contributed by atoms with Gasteiger partial charge in [-0.25, -0.2) is 8.42 Å². The summed E-state index contributed by atoms with van der Waals surface area (Å²) < 4.78 is 47.7. The van der Waals surface area contributed by atoms with Gasteiger partial charge in [-0.15, -0.1) is 0 Å². The van der Waals surface area contributed by atoms with Gasteiger partial charge < -0.3 is 18.1 Å². The summed E-state index contributed by atoms with van der Waals surface area (Å²) in [5, 5.41) is 0. The molecule has 17 heavy (non-hydrogen) atoms. The first-order valence-electron chi connectivity index (χ1n) is 4.58. The van der Waals surface area contributed by atoms with Crippen molar-refractivity contribution < 1.29 is 30.7 Å². The first kappa shape index (κ1) is 22.1. The van der Waals surface area contributed by atoms with Crippen molar-refractivity contribution in [3.63, 3.8) is 0 Å². The molecule has 0 saturated carbocycles. The van der Waals surface area contributed by atoms with Crippen molar-refractivity contribution in [2.24, 2.45) is 0 Å². The number of nitrogens with zero attached hydrogens (tertiary/aromatic N) is 2. The Bertz CT molecular complexity index is 290. The second kappa shape index (κ2) is 8.11. The zero-order valence-electron chi connectivity index (χ0n) is 11.8. The lowest BCUT2D eigenvalue weighted by Gasteiger charge is -2.14. The first-order valence-corrected chi connectivity index (χ1v) is 7.58. The summed E-state index contributed by atoms with van der Waals surface area (Å²) in [5.74, 6) is 0. The Kier molecular flexibility index (Phi) is 10.6. The van der Waals surface area contributed by atoms with Crippen molar-refractivity contribution in [1.82, 2.24) is 0 Å². The van der Waals surface area contributed by atoms with E-state index in [1.807, 2.05) is 0 Å². The fraction of sp³-hybridized carbons (Fsp3) is 1.00. The minimum atomic E-state index is -5.07. The summed E-state index contributed by atoms with van der Waals surface area (Å²) in [6, 6.07) is 0. The van der Waals surface area contributed by atoms with Crippen LogP contribution in [0.15, 0.2) is 0 Å². The van der Waals surface area contributed by atoms with E-state index in [1.54, 1.807) is 0 Å². The molecule has 108 valence electrons. The molecule has 0 aliphatic heterocycles. The summed E-state index contributed by atoms with van der Waals surface area (Å²) in [6.45, 7) is 0. The molecule has 1 unspecified atom stereocenters. The van der Waals surface area contributed by atoms with E-state index in [2.05, 4.69) is 56.4 Å². The lowest BCUT2D eigenvalue weighted by Crippen LogP contribution is -2.27. The highest BCUT2D eigenvalue weighted by Crippen LogP contribution is 1.82. The summed E-state index contributed by atoms with van der Waals surface area (Å²) in [6.07, 6.45) is 0. The van der Waals surface area contributed by atoms with Crippen LogP contribution in [0, 0.1) is 0 Å². The standard InChI is InChI=1S/2C4H12N.H2O5S2/c2*1-5(2,3)4;1-6(2)7(3,4)5/h2*1-4H3;(H,1,2)(H,3,4,5)/q2*+1;/p-2. The van der Waals surface area contributed by atoms with Crippen LogP contribution in [0.1, 0.15) is 0 Å². The molecule has 0 saturated heterocycles. The lowest BCUT2D eigenvalue weighted by atomic mass is 10.8. The SMILES string of the molecule is C[N+](C)(C)C.C[N+](C)(C)C.O=S([O-])S(=O)(=O)[O-]. The van der Waals surface area contributed by atoms with Crippen LogP contribution in [0.25, 0.3) is 0 Å². The van der Waals surface area contributed by atoms with Gasteiger partial charge in [0.2, 0.25) is 0 Å². The van der Waals surface area contributed by atoms with Gasteiger partial charge in [0.25, 0.3) is 0 Å². The van der Waals surface area contributed by atoms with Crippen molar-refractivity contribution in [2.75, 3.05) is 56.4 Å². The average Bonchev–Trinajstić information content (AvgIpc) is 1.74. The van der Waals surface area contributed by atoms with Gasteiger partial charge in [-0.05, 0) is 0 Å². The Morgan fingerprint density at radius 3 is 0.882 bits per heavy atom. The number of hydrogen-bond donors (Lipinski definition) is 0. The molecule has 0 aromatic heterocycles. The van der Waals surface area contributed by atoms with Gasteiger partial charge in [0.15, 0.2) is 9.15 Å². The van der Waals surface area contributed by atoms with Crippen LogP contribution in [0.3, 0.4) is 0 Å². The van der Waals surface area contributed by atoms with E-state index in [0.717, 1.165) is 8.97 Å². The van der Waals surface area contributed by atoms with Crippen molar-refractivity contribution >= 4 is 19.3 Å². The maximum atomic E-state index is 9.16. The quantitative estimate of drug-likeness (QED) is 0.266. The van der Waals surface area contributed by atoms with Crippen LogP contribution >= 0.6 is 0 Å². The highest BCUT2D eigenvalue weighted by Gasteiger charge is 1.89. The topological polar surface area (TPSA) is 97.3 Å². The van der Waals surface area contributed by atoms with Crippen molar-refractivity contribution in [3.8, 4) is 0 Å². The number of rotatable bonds is 1. The fourth-order valence-electron chi connectivity index (χ4n) is 0. The molecule has 0 aromatic rings. The Hall–Kier alpha value is -0.0600. The van der Waals surface area contributed by atoms with Crippen molar-refractivity contribution in [3.05, 3.63) is 0 Å². The zero-order valence-corrected chi connectivity index (χ0v) is 13.4. The van der Waals surface area contributed by atoms with Crippen LogP contribution in [0.4, 0.5) is 0 Å². The van der Waals surface area contributed by atoms with Gasteiger partial charge in [-0.3, -0.25) is 4.21 Å². The molecule has 0 aromatic carbocycles. The summed E-state index contributed by atoms with van der Waals surface area (Å²) in [7, 11) is 8.41. The molecule has 0 aliphatic rings. The molecule has 0 fully saturated rings. The lowest BCUT2D eigenvalue weighted by molar-refractivity contribution is -0.849. The minimum absolute atomic E-state index is 1.00. The van der Waals surface area contributed by atoms with Gasteiger partial charge >= 0.3 is 0 Å². The smallest absolute Gasteiger partial charge is 0.165 e. The third-order valence-corrected chi connectivity index (χ3v) is 1.50. The second-order valence-corrected chi connectivity index (χ2v) is 9.24. The molecule has 1 atom stereocenters. The molecule has 0 N–H and O–H groups in total. The van der Waals surface area contributed by atoms with E-state index < -0.39 is 19.3 Å². The first-order chi connectivity index (χ1) is 6.94. The van der Waals surface area contributed by atoms with Crippen LogP contribution < -0.4 is 0 Å². The molecule has 0 amide bonds. The molecule has 0 rings (SSSR count). The van der Waals surface area contributed by atoms with E-state index in [4.69, 9.17) is 21.7 Å². The van der Waals surface area contributed by atoms with Crippen LogP contribution in [-0.4, -0.2) is 87.1 Å². The maximum Gasteiger partial charge on any atom is 0.165 e. The maximum absolute atomic E-state index is 9.16. The van der Waals surface area contributed by atoms with Crippen molar-refractivity contribution in [2.45, 2.75) is 0 Å². The second-order valence-electron chi connectivity index (χ2n) is 5.98. The van der Waals surface area contributed by atoms with Gasteiger partial charge in [0.1, 0.15) is 0 Å². The summed E-state index contributed by atoms with van der Waals surface area (Å²) in [4.78, 5) is 0. The third-order valence-electron chi connectivity index (χ3n) is 0.167. The predicted molar refractivity (Wildman–Crippen MR) is 66.5 cm³/mol. The summed E-state index contributed by atoms with van der Waals surface area (Å²) in [5.41, 5.74) is 0. The van der Waals surface area contributed by atoms with Gasteiger partial charge in [0.05, 0.1) is 66.5 Å². The molecule has 0 radical (unpaired) electrons. The molecular weight excluding hydrogens is 268 g/mol. The Balaban J connectivity index is -0.000000177. The largest absolute Gasteiger partial charge is 0.761 e. The minimum Gasteiger partial charge on any atom is -0.761 e. The Morgan fingerprint density at radius 1 is 0.824 bits per heavy atom. The fourth-order valence-corrected chi connectivity index (χ4v) is 0. The van der Waals surface area contributed by atoms with E-state index >= 15 is 0 Å². The van der Waals surface area contributed by atoms with Crippen LogP contribution in [-0.2, 0) is 19.3 Å². The molecule has 0 aliphatic carbocycles. The Morgan fingerprint density at radius 2 is 0.882 bits per heavy atom. The Labute approximate surface area is 107 Å². The average molecular weight is 292 g/mol.